The lowest BCUT2D eigenvalue weighted by Crippen LogP contribution is -2.47. The van der Waals surface area contributed by atoms with E-state index in [1.54, 1.807) is 19.5 Å². The zero-order valence-electron chi connectivity index (χ0n) is 16.0. The van der Waals surface area contributed by atoms with Crippen LogP contribution in [0.4, 0.5) is 5.82 Å². The van der Waals surface area contributed by atoms with Crippen LogP contribution in [0.15, 0.2) is 42.9 Å². The molecule has 28 heavy (non-hydrogen) atoms. The first-order chi connectivity index (χ1) is 13.7. The molecule has 0 N–H and O–H groups in total. The number of piperazine rings is 1. The minimum Gasteiger partial charge on any atom is -0.496 e. The maximum absolute atomic E-state index is 5.63. The molecule has 2 aromatic heterocycles. The molecule has 0 aliphatic carbocycles. The Labute approximate surface area is 169 Å². The first kappa shape index (κ1) is 18.6. The van der Waals surface area contributed by atoms with Crippen LogP contribution in [0.1, 0.15) is 0 Å². The number of nitrogens with zero attached hydrogens (tertiary/aromatic N) is 7. The smallest absolute Gasteiger partial charge is 0.199 e. The molecule has 9 heteroatoms. The lowest BCUT2D eigenvalue weighted by atomic mass is 10.2. The van der Waals surface area contributed by atoms with Crippen LogP contribution < -0.4 is 9.64 Å². The Bertz CT molecular complexity index is 993. The fourth-order valence-corrected chi connectivity index (χ4v) is 3.59. The van der Waals surface area contributed by atoms with Crippen LogP contribution in [0.2, 0.25) is 0 Å². The van der Waals surface area contributed by atoms with Gasteiger partial charge in [-0.05, 0) is 24.4 Å². The van der Waals surface area contributed by atoms with Gasteiger partial charge in [-0.3, -0.25) is 9.88 Å². The van der Waals surface area contributed by atoms with Crippen molar-refractivity contribution in [2.24, 2.45) is 7.05 Å². The lowest BCUT2D eigenvalue weighted by molar-refractivity contribution is 0.194. The van der Waals surface area contributed by atoms with Crippen molar-refractivity contribution < 1.29 is 4.74 Å². The van der Waals surface area contributed by atoms with E-state index in [0.717, 1.165) is 49.1 Å². The SMILES string of the molecule is COc1ccccc1-c1nn(CN2CCN(c3cnccn3)CC2)c(=S)n1C. The van der Waals surface area contributed by atoms with Crippen LogP contribution in [0.25, 0.3) is 11.4 Å². The number of aromatic nitrogens is 5. The predicted octanol–water partition coefficient (Wildman–Crippen LogP) is 2.20. The molecule has 0 radical (unpaired) electrons. The maximum Gasteiger partial charge on any atom is 0.199 e. The molecule has 0 saturated carbocycles. The summed E-state index contributed by atoms with van der Waals surface area (Å²) in [7, 11) is 3.61. The fourth-order valence-electron chi connectivity index (χ4n) is 3.41. The van der Waals surface area contributed by atoms with Gasteiger partial charge in [-0.1, -0.05) is 12.1 Å². The van der Waals surface area contributed by atoms with Gasteiger partial charge in [0.15, 0.2) is 10.6 Å². The molecule has 8 nitrogen and oxygen atoms in total. The largest absolute Gasteiger partial charge is 0.496 e. The van der Waals surface area contributed by atoms with Crippen LogP contribution in [0.5, 0.6) is 5.75 Å². The van der Waals surface area contributed by atoms with Gasteiger partial charge in [0.05, 0.1) is 25.5 Å². The highest BCUT2D eigenvalue weighted by Crippen LogP contribution is 2.28. The highest BCUT2D eigenvalue weighted by atomic mass is 32.1. The van der Waals surface area contributed by atoms with Gasteiger partial charge in [0, 0.05) is 45.6 Å². The minimum absolute atomic E-state index is 0.663. The summed E-state index contributed by atoms with van der Waals surface area (Å²) in [5.41, 5.74) is 0.935. The van der Waals surface area contributed by atoms with Crippen molar-refractivity contribution in [1.29, 1.82) is 0 Å². The third-order valence-corrected chi connectivity index (χ3v) is 5.45. The van der Waals surface area contributed by atoms with Crippen molar-refractivity contribution in [3.63, 3.8) is 0 Å². The van der Waals surface area contributed by atoms with Crippen molar-refractivity contribution in [3.8, 4) is 17.1 Å². The van der Waals surface area contributed by atoms with E-state index in [2.05, 4.69) is 19.8 Å². The molecule has 3 heterocycles. The molecule has 0 atom stereocenters. The average Bonchev–Trinajstić information content (AvgIpc) is 3.03. The van der Waals surface area contributed by atoms with Crippen LogP contribution in [-0.2, 0) is 13.7 Å². The Morgan fingerprint density at radius 2 is 1.89 bits per heavy atom. The van der Waals surface area contributed by atoms with E-state index in [1.165, 1.54) is 0 Å². The number of para-hydroxylation sites is 1. The zero-order valence-corrected chi connectivity index (χ0v) is 16.8. The lowest BCUT2D eigenvalue weighted by Gasteiger charge is -2.34. The van der Waals surface area contributed by atoms with Crippen LogP contribution in [-0.4, -0.2) is 62.5 Å². The van der Waals surface area contributed by atoms with E-state index in [-0.39, 0.29) is 0 Å². The van der Waals surface area contributed by atoms with Gasteiger partial charge in [0.25, 0.3) is 0 Å². The fraction of sp³-hybridized carbons (Fsp3) is 0.368. The number of hydrogen-bond donors (Lipinski definition) is 0. The molecule has 0 unspecified atom stereocenters. The summed E-state index contributed by atoms with van der Waals surface area (Å²) < 4.78 is 9.99. The van der Waals surface area contributed by atoms with E-state index >= 15 is 0 Å². The Morgan fingerprint density at radius 3 is 2.61 bits per heavy atom. The number of anilines is 1. The molecule has 3 aromatic rings. The van der Waals surface area contributed by atoms with Gasteiger partial charge in [0.1, 0.15) is 11.6 Å². The molecule has 0 spiro atoms. The first-order valence-corrected chi connectivity index (χ1v) is 9.58. The Morgan fingerprint density at radius 1 is 1.11 bits per heavy atom. The zero-order chi connectivity index (χ0) is 19.5. The third kappa shape index (κ3) is 3.63. The molecule has 1 saturated heterocycles. The normalized spacial score (nSPS) is 15.0. The summed E-state index contributed by atoms with van der Waals surface area (Å²) in [5, 5.41) is 4.78. The monoisotopic (exact) mass is 397 g/mol. The van der Waals surface area contributed by atoms with Gasteiger partial charge in [-0.25, -0.2) is 9.67 Å². The Kier molecular flexibility index (Phi) is 5.36. The van der Waals surface area contributed by atoms with Crippen molar-refractivity contribution >= 4 is 18.0 Å². The molecule has 1 aliphatic heterocycles. The van der Waals surface area contributed by atoms with E-state index in [4.69, 9.17) is 22.1 Å². The standard InChI is InChI=1S/C19H23N7OS/c1-23-18(15-5-3-4-6-16(15)27-2)22-26(19(23)28)14-24-9-11-25(12-10-24)17-13-20-7-8-21-17/h3-8,13H,9-12,14H2,1-2H3. The average molecular weight is 398 g/mol. The summed E-state index contributed by atoms with van der Waals surface area (Å²) in [6, 6.07) is 7.86. The third-order valence-electron chi connectivity index (χ3n) is 4.97. The van der Waals surface area contributed by atoms with Crippen molar-refractivity contribution in [3.05, 3.63) is 47.6 Å². The molecule has 1 aromatic carbocycles. The Hall–Kier alpha value is -2.78. The molecular formula is C19H23N7OS. The topological polar surface area (TPSA) is 64.2 Å². The maximum atomic E-state index is 5.63. The van der Waals surface area contributed by atoms with Crippen molar-refractivity contribution in [2.75, 3.05) is 38.2 Å². The van der Waals surface area contributed by atoms with E-state index in [9.17, 15) is 0 Å². The molecular weight excluding hydrogens is 374 g/mol. The number of hydrogen-bond acceptors (Lipinski definition) is 7. The van der Waals surface area contributed by atoms with Crippen LogP contribution in [0, 0.1) is 4.77 Å². The predicted molar refractivity (Wildman–Crippen MR) is 110 cm³/mol. The second-order valence-electron chi connectivity index (χ2n) is 6.68. The summed E-state index contributed by atoms with van der Waals surface area (Å²) in [5.74, 6) is 2.52. The van der Waals surface area contributed by atoms with Gasteiger partial charge < -0.3 is 14.2 Å². The second kappa shape index (κ2) is 8.07. The molecule has 146 valence electrons. The quantitative estimate of drug-likeness (QED) is 0.612. The van der Waals surface area contributed by atoms with Gasteiger partial charge in [-0.15, -0.1) is 0 Å². The van der Waals surface area contributed by atoms with Crippen molar-refractivity contribution in [1.82, 2.24) is 29.2 Å². The van der Waals surface area contributed by atoms with Crippen LogP contribution >= 0.6 is 12.2 Å². The number of benzene rings is 1. The molecule has 4 rings (SSSR count). The van der Waals surface area contributed by atoms with E-state index in [0.29, 0.717) is 11.4 Å². The first-order valence-electron chi connectivity index (χ1n) is 9.18. The summed E-state index contributed by atoms with van der Waals surface area (Å²) in [6.07, 6.45) is 5.24. The summed E-state index contributed by atoms with van der Waals surface area (Å²) in [6.45, 7) is 4.30. The van der Waals surface area contributed by atoms with Gasteiger partial charge in [0.2, 0.25) is 0 Å². The number of ether oxygens (including phenoxy) is 1. The van der Waals surface area contributed by atoms with Crippen LogP contribution in [0.3, 0.4) is 0 Å². The van der Waals surface area contributed by atoms with Gasteiger partial charge >= 0.3 is 0 Å². The highest BCUT2D eigenvalue weighted by molar-refractivity contribution is 7.71. The van der Waals surface area contributed by atoms with E-state index in [1.807, 2.05) is 46.8 Å². The molecule has 0 amide bonds. The Balaban J connectivity index is 1.49. The summed E-state index contributed by atoms with van der Waals surface area (Å²) >= 11 is 5.63. The number of methoxy groups -OCH3 is 1. The molecule has 0 bridgehead atoms. The minimum atomic E-state index is 0.663. The molecule has 1 fully saturated rings. The summed E-state index contributed by atoms with van der Waals surface area (Å²) in [4.78, 5) is 13.1. The van der Waals surface area contributed by atoms with Gasteiger partial charge in [-0.2, -0.15) is 5.10 Å². The van der Waals surface area contributed by atoms with Crippen molar-refractivity contribution in [2.45, 2.75) is 6.67 Å². The molecule has 1 aliphatic rings. The van der Waals surface area contributed by atoms with E-state index < -0.39 is 0 Å². The highest BCUT2D eigenvalue weighted by Gasteiger charge is 2.20. The number of rotatable bonds is 5. The second-order valence-corrected chi connectivity index (χ2v) is 7.04.